The van der Waals surface area contributed by atoms with E-state index in [2.05, 4.69) is 15.3 Å². The highest BCUT2D eigenvalue weighted by Gasteiger charge is 2.17. The molecule has 0 aliphatic carbocycles. The minimum absolute atomic E-state index is 0.242. The zero-order valence-electron chi connectivity index (χ0n) is 9.32. The molecule has 1 unspecified atom stereocenters. The largest absolute Gasteiger partial charge is 0.316 e. The number of aryl methyl sites for hydroxylation is 2. The van der Waals surface area contributed by atoms with Gasteiger partial charge in [0.25, 0.3) is 5.77 Å². The average molecular weight is 292 g/mol. The Morgan fingerprint density at radius 3 is 2.82 bits per heavy atom. The molecule has 0 saturated heterocycles. The topological polar surface area (TPSA) is 57.8 Å². The molecule has 0 aliphatic rings. The lowest BCUT2D eigenvalue weighted by molar-refractivity contribution is 0.337. The van der Waals surface area contributed by atoms with E-state index in [0.29, 0.717) is 5.69 Å². The zero-order chi connectivity index (χ0) is 12.5. The van der Waals surface area contributed by atoms with Crippen LogP contribution in [0.3, 0.4) is 0 Å². The van der Waals surface area contributed by atoms with E-state index >= 15 is 0 Å². The Bertz CT molecular complexity index is 568. The van der Waals surface area contributed by atoms with Crippen LogP contribution < -0.4 is 0 Å². The molecule has 0 N–H and O–H groups in total. The van der Waals surface area contributed by atoms with Gasteiger partial charge in [0, 0.05) is 13.2 Å². The first kappa shape index (κ1) is 12.7. The highest BCUT2D eigenvalue weighted by Crippen LogP contribution is 2.54. The Morgan fingerprint density at radius 1 is 1.53 bits per heavy atom. The molecule has 92 valence electrons. The molecule has 0 saturated carbocycles. The average Bonchev–Trinajstić information content (AvgIpc) is 2.85. The van der Waals surface area contributed by atoms with E-state index < -0.39 is 5.77 Å². The standard InChI is InChI=1S/C8H11ClN5OPS/c1-7-3-14(6-10-7)16(9,17)15-5-8-4-13(2)12-11-8/h3-4,6H,5H2,1-2H3. The minimum atomic E-state index is -2.60. The Kier molecular flexibility index (Phi) is 3.63. The van der Waals surface area contributed by atoms with E-state index in [1.54, 1.807) is 34.8 Å². The second-order valence-corrected chi connectivity index (χ2v) is 8.59. The summed E-state index contributed by atoms with van der Waals surface area (Å²) in [5, 5.41) is 7.69. The third-order valence-corrected chi connectivity index (χ3v) is 4.91. The van der Waals surface area contributed by atoms with E-state index in [1.807, 2.05) is 6.92 Å². The van der Waals surface area contributed by atoms with E-state index in [1.165, 1.54) is 0 Å². The summed E-state index contributed by atoms with van der Waals surface area (Å²) < 4.78 is 8.76. The summed E-state index contributed by atoms with van der Waals surface area (Å²) in [7, 11) is 1.78. The molecule has 17 heavy (non-hydrogen) atoms. The Morgan fingerprint density at radius 2 is 2.29 bits per heavy atom. The molecule has 2 rings (SSSR count). The van der Waals surface area contributed by atoms with Gasteiger partial charge < -0.3 is 4.52 Å². The number of imidazole rings is 1. The summed E-state index contributed by atoms with van der Waals surface area (Å²) in [6, 6.07) is 0. The van der Waals surface area contributed by atoms with Crippen LogP contribution in [0.25, 0.3) is 0 Å². The van der Waals surface area contributed by atoms with E-state index in [-0.39, 0.29) is 6.61 Å². The van der Waals surface area contributed by atoms with Crippen LogP contribution >= 0.6 is 17.0 Å². The Labute approximate surface area is 108 Å². The van der Waals surface area contributed by atoms with Crippen molar-refractivity contribution in [1.82, 2.24) is 24.3 Å². The predicted octanol–water partition coefficient (Wildman–Crippen LogP) is 1.85. The number of hydrogen-bond acceptors (Lipinski definition) is 5. The van der Waals surface area contributed by atoms with Crippen LogP contribution in [0.5, 0.6) is 0 Å². The molecule has 2 aromatic heterocycles. The molecule has 0 spiro atoms. The molecular formula is C8H11ClN5OPS. The molecule has 0 amide bonds. The minimum Gasteiger partial charge on any atom is -0.316 e. The van der Waals surface area contributed by atoms with Crippen molar-refractivity contribution in [3.8, 4) is 0 Å². The number of rotatable bonds is 4. The van der Waals surface area contributed by atoms with Crippen molar-refractivity contribution in [2.45, 2.75) is 13.5 Å². The van der Waals surface area contributed by atoms with Crippen molar-refractivity contribution in [2.24, 2.45) is 7.05 Å². The monoisotopic (exact) mass is 291 g/mol. The lowest BCUT2D eigenvalue weighted by Gasteiger charge is -2.14. The summed E-state index contributed by atoms with van der Waals surface area (Å²) in [6.07, 6.45) is 5.11. The van der Waals surface area contributed by atoms with Crippen LogP contribution in [0, 0.1) is 6.92 Å². The van der Waals surface area contributed by atoms with Gasteiger partial charge in [-0.05, 0) is 30.0 Å². The maximum absolute atomic E-state index is 6.20. The molecule has 9 heteroatoms. The molecule has 0 fully saturated rings. The van der Waals surface area contributed by atoms with Crippen LogP contribution in [-0.4, -0.2) is 24.3 Å². The Balaban J connectivity index is 2.05. The summed E-state index contributed by atoms with van der Waals surface area (Å²) in [5.41, 5.74) is 1.54. The van der Waals surface area contributed by atoms with E-state index in [0.717, 1.165) is 5.69 Å². The van der Waals surface area contributed by atoms with E-state index in [9.17, 15) is 0 Å². The predicted molar refractivity (Wildman–Crippen MR) is 68.3 cm³/mol. The van der Waals surface area contributed by atoms with Gasteiger partial charge in [-0.2, -0.15) is 0 Å². The molecule has 1 atom stereocenters. The van der Waals surface area contributed by atoms with Crippen molar-refractivity contribution in [3.63, 3.8) is 0 Å². The second-order valence-electron chi connectivity index (χ2n) is 3.50. The maximum Gasteiger partial charge on any atom is 0.252 e. The van der Waals surface area contributed by atoms with Crippen LogP contribution in [0.4, 0.5) is 0 Å². The van der Waals surface area contributed by atoms with Crippen molar-refractivity contribution in [3.05, 3.63) is 30.1 Å². The van der Waals surface area contributed by atoms with Crippen LogP contribution in [-0.2, 0) is 30.0 Å². The van der Waals surface area contributed by atoms with Crippen LogP contribution in [0.2, 0.25) is 0 Å². The first-order valence-electron chi connectivity index (χ1n) is 4.78. The zero-order valence-corrected chi connectivity index (χ0v) is 11.8. The third kappa shape index (κ3) is 3.13. The molecule has 2 aromatic rings. The van der Waals surface area contributed by atoms with Gasteiger partial charge in [-0.25, -0.2) is 4.98 Å². The van der Waals surface area contributed by atoms with Gasteiger partial charge in [0.1, 0.15) is 18.6 Å². The molecule has 0 bridgehead atoms. The first-order valence-corrected chi connectivity index (χ1v) is 8.36. The lowest BCUT2D eigenvalue weighted by atomic mass is 10.5. The molecule has 6 nitrogen and oxygen atoms in total. The summed E-state index contributed by atoms with van der Waals surface area (Å²) in [5.74, 6) is -2.60. The normalized spacial score (nSPS) is 14.8. The third-order valence-electron chi connectivity index (χ3n) is 2.00. The van der Waals surface area contributed by atoms with Crippen molar-refractivity contribution >= 4 is 28.8 Å². The molecule has 0 radical (unpaired) electrons. The summed E-state index contributed by atoms with van der Waals surface area (Å²) >= 11 is 11.5. The van der Waals surface area contributed by atoms with Gasteiger partial charge in [-0.1, -0.05) is 5.21 Å². The fourth-order valence-electron chi connectivity index (χ4n) is 1.21. The Hall–Kier alpha value is -0.750. The number of halogens is 1. The van der Waals surface area contributed by atoms with Crippen molar-refractivity contribution in [2.75, 3.05) is 0 Å². The number of nitrogens with zero attached hydrogens (tertiary/aromatic N) is 5. The highest BCUT2D eigenvalue weighted by atomic mass is 35.7. The highest BCUT2D eigenvalue weighted by molar-refractivity contribution is 8.23. The maximum atomic E-state index is 6.20. The summed E-state index contributed by atoms with van der Waals surface area (Å²) in [4.78, 5) is 4.07. The molecular weight excluding hydrogens is 281 g/mol. The molecule has 2 heterocycles. The molecule has 0 aromatic carbocycles. The number of aromatic nitrogens is 5. The van der Waals surface area contributed by atoms with Crippen molar-refractivity contribution in [1.29, 1.82) is 0 Å². The van der Waals surface area contributed by atoms with Gasteiger partial charge in [-0.3, -0.25) is 9.02 Å². The van der Waals surface area contributed by atoms with Gasteiger partial charge in [-0.15, -0.1) is 5.10 Å². The van der Waals surface area contributed by atoms with Gasteiger partial charge in [0.2, 0.25) is 0 Å². The number of hydrogen-bond donors (Lipinski definition) is 0. The van der Waals surface area contributed by atoms with Crippen LogP contribution in [0.15, 0.2) is 18.7 Å². The smallest absolute Gasteiger partial charge is 0.252 e. The fourth-order valence-corrected chi connectivity index (χ4v) is 2.94. The van der Waals surface area contributed by atoms with Crippen molar-refractivity contribution < 1.29 is 4.52 Å². The van der Waals surface area contributed by atoms with Gasteiger partial charge >= 0.3 is 0 Å². The lowest BCUT2D eigenvalue weighted by Crippen LogP contribution is -1.95. The quantitative estimate of drug-likeness (QED) is 0.805. The van der Waals surface area contributed by atoms with Gasteiger partial charge in [0.15, 0.2) is 0 Å². The van der Waals surface area contributed by atoms with Crippen LogP contribution in [0.1, 0.15) is 11.4 Å². The molecule has 0 aliphatic heterocycles. The summed E-state index contributed by atoms with van der Waals surface area (Å²) in [6.45, 7) is 2.11. The first-order chi connectivity index (χ1) is 7.97. The van der Waals surface area contributed by atoms with Gasteiger partial charge in [0.05, 0.1) is 11.9 Å². The van der Waals surface area contributed by atoms with E-state index in [4.69, 9.17) is 27.6 Å². The SMILES string of the molecule is Cc1cn(P(=S)(Cl)OCc2cn(C)nn2)cn1. The second kappa shape index (κ2) is 4.86. The fraction of sp³-hybridized carbons (Fsp3) is 0.375.